The monoisotopic (exact) mass is 233 g/mol. The first-order valence-electron chi connectivity index (χ1n) is 5.95. The minimum atomic E-state index is 0.902. The Morgan fingerprint density at radius 2 is 1.88 bits per heavy atom. The molecule has 0 radical (unpaired) electrons. The van der Waals surface area contributed by atoms with Gasteiger partial charge >= 0.3 is 0 Å². The summed E-state index contributed by atoms with van der Waals surface area (Å²) in [6.07, 6.45) is 1.02. The van der Waals surface area contributed by atoms with E-state index >= 15 is 0 Å². The first kappa shape index (κ1) is 12.0. The van der Waals surface area contributed by atoms with Gasteiger partial charge in [0.25, 0.3) is 0 Å². The molecule has 0 saturated carbocycles. The number of aromatic amines is 1. The highest BCUT2D eigenvalue weighted by atomic mass is 16.5. The standard InChI is InChI=1S/C14H21N2O/c1-16(2,3)10-9-12-11-7-5-6-8-13(11)15-14(12)17-4/h5-8,15H,9-10H2,1-4H3/q+1. The van der Waals surface area contributed by atoms with E-state index in [4.69, 9.17) is 4.74 Å². The molecule has 0 saturated heterocycles. The van der Waals surface area contributed by atoms with E-state index < -0.39 is 0 Å². The summed E-state index contributed by atoms with van der Waals surface area (Å²) in [6, 6.07) is 8.36. The molecule has 0 amide bonds. The third kappa shape index (κ3) is 2.61. The molecule has 2 aromatic rings. The number of H-pyrrole nitrogens is 1. The van der Waals surface area contributed by atoms with Crippen molar-refractivity contribution in [2.75, 3.05) is 34.8 Å². The lowest BCUT2D eigenvalue weighted by Gasteiger charge is -2.23. The minimum absolute atomic E-state index is 0.902. The van der Waals surface area contributed by atoms with Crippen molar-refractivity contribution in [1.82, 2.24) is 4.98 Å². The number of nitrogens with one attached hydrogen (secondary N) is 1. The normalized spacial score (nSPS) is 12.0. The van der Waals surface area contributed by atoms with E-state index in [-0.39, 0.29) is 0 Å². The smallest absolute Gasteiger partial charge is 0.195 e. The van der Waals surface area contributed by atoms with Crippen LogP contribution >= 0.6 is 0 Å². The summed E-state index contributed by atoms with van der Waals surface area (Å²) in [5.41, 5.74) is 2.44. The molecule has 17 heavy (non-hydrogen) atoms. The Bertz CT molecular complexity index is 508. The summed E-state index contributed by atoms with van der Waals surface area (Å²) < 4.78 is 6.39. The number of hydrogen-bond donors (Lipinski definition) is 1. The van der Waals surface area contributed by atoms with Crippen molar-refractivity contribution < 1.29 is 9.22 Å². The van der Waals surface area contributed by atoms with Crippen molar-refractivity contribution in [3.8, 4) is 5.88 Å². The molecule has 1 aromatic carbocycles. The number of quaternary nitrogens is 1. The number of likely N-dealkylation sites (N-methyl/N-ethyl adjacent to an activating group) is 1. The van der Waals surface area contributed by atoms with Gasteiger partial charge in [-0.15, -0.1) is 0 Å². The molecule has 3 heteroatoms. The lowest BCUT2D eigenvalue weighted by atomic mass is 10.1. The van der Waals surface area contributed by atoms with E-state index in [9.17, 15) is 0 Å². The molecular weight excluding hydrogens is 212 g/mol. The van der Waals surface area contributed by atoms with Crippen molar-refractivity contribution in [1.29, 1.82) is 0 Å². The van der Waals surface area contributed by atoms with Crippen molar-refractivity contribution in [3.63, 3.8) is 0 Å². The fraction of sp³-hybridized carbons (Fsp3) is 0.429. The number of rotatable bonds is 4. The fourth-order valence-electron chi connectivity index (χ4n) is 2.04. The molecule has 0 aliphatic rings. The van der Waals surface area contributed by atoms with Gasteiger partial charge in [0.05, 0.1) is 34.8 Å². The van der Waals surface area contributed by atoms with E-state index in [1.807, 2.05) is 6.07 Å². The molecule has 2 rings (SSSR count). The predicted octanol–water partition coefficient (Wildman–Crippen LogP) is 2.43. The third-order valence-corrected chi connectivity index (χ3v) is 3.01. The van der Waals surface area contributed by atoms with Crippen molar-refractivity contribution in [2.45, 2.75) is 6.42 Å². The first-order valence-corrected chi connectivity index (χ1v) is 5.95. The number of fused-ring (bicyclic) bond motifs is 1. The highest BCUT2D eigenvalue weighted by molar-refractivity contribution is 5.85. The second-order valence-electron chi connectivity index (χ2n) is 5.45. The molecule has 0 bridgehead atoms. The highest BCUT2D eigenvalue weighted by Gasteiger charge is 2.15. The zero-order chi connectivity index (χ0) is 12.5. The molecule has 92 valence electrons. The Morgan fingerprint density at radius 1 is 1.18 bits per heavy atom. The van der Waals surface area contributed by atoms with Crippen LogP contribution in [0, 0.1) is 0 Å². The first-order chi connectivity index (χ1) is 8.01. The molecule has 0 unspecified atom stereocenters. The number of nitrogens with zero attached hydrogens (tertiary/aromatic N) is 1. The van der Waals surface area contributed by atoms with Crippen LogP contribution in [0.15, 0.2) is 24.3 Å². The van der Waals surface area contributed by atoms with Gasteiger partial charge in [0, 0.05) is 22.9 Å². The quantitative estimate of drug-likeness (QED) is 0.806. The van der Waals surface area contributed by atoms with E-state index in [0.29, 0.717) is 0 Å². The van der Waals surface area contributed by atoms with Crippen LogP contribution in [-0.4, -0.2) is 44.3 Å². The van der Waals surface area contributed by atoms with Gasteiger partial charge < -0.3 is 14.2 Å². The second kappa shape index (κ2) is 4.41. The van der Waals surface area contributed by atoms with Crippen LogP contribution in [-0.2, 0) is 6.42 Å². The number of benzene rings is 1. The summed E-state index contributed by atoms with van der Waals surface area (Å²) in [6.45, 7) is 1.10. The lowest BCUT2D eigenvalue weighted by molar-refractivity contribution is -0.870. The van der Waals surface area contributed by atoms with Gasteiger partial charge in [-0.1, -0.05) is 18.2 Å². The van der Waals surface area contributed by atoms with Crippen LogP contribution in [0.3, 0.4) is 0 Å². The number of methoxy groups -OCH3 is 1. The molecule has 1 N–H and O–H groups in total. The summed E-state index contributed by atoms with van der Waals surface area (Å²) >= 11 is 0. The Labute approximate surface area is 103 Å². The molecule has 0 fully saturated rings. The topological polar surface area (TPSA) is 25.0 Å². The van der Waals surface area contributed by atoms with Crippen LogP contribution in [0.4, 0.5) is 0 Å². The number of para-hydroxylation sites is 1. The SMILES string of the molecule is COc1[nH]c2ccccc2c1CC[N+](C)(C)C. The van der Waals surface area contributed by atoms with Crippen LogP contribution < -0.4 is 4.74 Å². The van der Waals surface area contributed by atoms with Gasteiger partial charge in [0.15, 0.2) is 5.88 Å². The Kier molecular flexibility index (Phi) is 3.11. The second-order valence-corrected chi connectivity index (χ2v) is 5.45. The summed E-state index contributed by atoms with van der Waals surface area (Å²) in [7, 11) is 8.35. The van der Waals surface area contributed by atoms with Crippen molar-refractivity contribution >= 4 is 10.9 Å². The Morgan fingerprint density at radius 3 is 2.53 bits per heavy atom. The predicted molar refractivity (Wildman–Crippen MR) is 71.5 cm³/mol. The molecule has 0 aliphatic heterocycles. The molecule has 0 aliphatic carbocycles. The Balaban J connectivity index is 2.37. The molecule has 0 atom stereocenters. The van der Waals surface area contributed by atoms with Crippen LogP contribution in [0.1, 0.15) is 5.56 Å². The van der Waals surface area contributed by atoms with Gasteiger partial charge in [0.2, 0.25) is 0 Å². The van der Waals surface area contributed by atoms with Gasteiger partial charge in [-0.2, -0.15) is 0 Å². The summed E-state index contributed by atoms with van der Waals surface area (Å²) in [5, 5.41) is 1.28. The maximum absolute atomic E-state index is 5.43. The van der Waals surface area contributed by atoms with Crippen LogP contribution in [0.25, 0.3) is 10.9 Å². The average Bonchev–Trinajstić information content (AvgIpc) is 2.63. The van der Waals surface area contributed by atoms with Gasteiger partial charge in [0.1, 0.15) is 0 Å². The van der Waals surface area contributed by atoms with Gasteiger partial charge in [-0.25, -0.2) is 0 Å². The maximum Gasteiger partial charge on any atom is 0.195 e. The zero-order valence-corrected chi connectivity index (χ0v) is 11.1. The number of aromatic nitrogens is 1. The molecule has 0 spiro atoms. The van der Waals surface area contributed by atoms with Crippen molar-refractivity contribution in [3.05, 3.63) is 29.8 Å². The third-order valence-electron chi connectivity index (χ3n) is 3.01. The highest BCUT2D eigenvalue weighted by Crippen LogP contribution is 2.28. The van der Waals surface area contributed by atoms with E-state index in [0.717, 1.165) is 28.8 Å². The summed E-state index contributed by atoms with van der Waals surface area (Å²) in [5.74, 6) is 0.902. The largest absolute Gasteiger partial charge is 0.482 e. The van der Waals surface area contributed by atoms with Crippen molar-refractivity contribution in [2.24, 2.45) is 0 Å². The fourth-order valence-corrected chi connectivity index (χ4v) is 2.04. The maximum atomic E-state index is 5.43. The zero-order valence-electron chi connectivity index (χ0n) is 11.1. The lowest BCUT2D eigenvalue weighted by Crippen LogP contribution is -2.36. The van der Waals surface area contributed by atoms with E-state index in [2.05, 4.69) is 44.3 Å². The molecule has 1 heterocycles. The Hall–Kier alpha value is -1.48. The van der Waals surface area contributed by atoms with Gasteiger partial charge in [-0.05, 0) is 6.07 Å². The van der Waals surface area contributed by atoms with Gasteiger partial charge in [-0.3, -0.25) is 0 Å². The number of hydrogen-bond acceptors (Lipinski definition) is 1. The summed E-state index contributed by atoms with van der Waals surface area (Å²) in [4.78, 5) is 3.32. The van der Waals surface area contributed by atoms with Crippen LogP contribution in [0.5, 0.6) is 5.88 Å². The minimum Gasteiger partial charge on any atom is -0.482 e. The average molecular weight is 233 g/mol. The molecule has 3 nitrogen and oxygen atoms in total. The molecular formula is C14H21N2O+. The molecule has 1 aromatic heterocycles. The van der Waals surface area contributed by atoms with E-state index in [1.165, 1.54) is 10.9 Å². The van der Waals surface area contributed by atoms with Crippen LogP contribution in [0.2, 0.25) is 0 Å². The number of ether oxygens (including phenoxy) is 1. The van der Waals surface area contributed by atoms with E-state index in [1.54, 1.807) is 7.11 Å².